The highest BCUT2D eigenvalue weighted by Crippen LogP contribution is 2.16. The fourth-order valence-corrected chi connectivity index (χ4v) is 1.54. The molecule has 0 bridgehead atoms. The third kappa shape index (κ3) is 3.79. The second-order valence-electron chi connectivity index (χ2n) is 4.29. The van der Waals surface area contributed by atoms with E-state index >= 15 is 0 Å². The van der Waals surface area contributed by atoms with Gasteiger partial charge >= 0.3 is 0 Å². The zero-order valence-corrected chi connectivity index (χ0v) is 12.2. The van der Waals surface area contributed by atoms with Gasteiger partial charge in [0.2, 0.25) is 17.6 Å². The van der Waals surface area contributed by atoms with Crippen LogP contribution < -0.4 is 5.73 Å². The van der Waals surface area contributed by atoms with E-state index in [1.54, 1.807) is 7.05 Å². The molecule has 6 nitrogen and oxygen atoms in total. The molecule has 1 aromatic heterocycles. The summed E-state index contributed by atoms with van der Waals surface area (Å²) >= 11 is 0. The molecule has 1 heterocycles. The van der Waals surface area contributed by atoms with E-state index in [0.29, 0.717) is 24.8 Å². The van der Waals surface area contributed by atoms with Gasteiger partial charge in [0.25, 0.3) is 0 Å². The minimum absolute atomic E-state index is 0. The monoisotopic (exact) mass is 296 g/mol. The van der Waals surface area contributed by atoms with Gasteiger partial charge in [-0.2, -0.15) is 4.98 Å². The van der Waals surface area contributed by atoms with Crippen LogP contribution in [-0.4, -0.2) is 28.0 Å². The first kappa shape index (κ1) is 16.1. The maximum Gasteiger partial charge on any atom is 0.246 e. The van der Waals surface area contributed by atoms with Crippen LogP contribution in [0.1, 0.15) is 18.4 Å². The molecule has 2 aromatic rings. The molecule has 1 amide bonds. The molecule has 0 aliphatic carbocycles. The number of hydrogen-bond acceptors (Lipinski definition) is 5. The summed E-state index contributed by atoms with van der Waals surface area (Å²) in [6.45, 7) is 2.30. The maximum atomic E-state index is 11.1. The average Bonchev–Trinajstić information content (AvgIpc) is 2.87. The zero-order valence-electron chi connectivity index (χ0n) is 11.4. The van der Waals surface area contributed by atoms with Crippen molar-refractivity contribution in [3.05, 3.63) is 35.7 Å². The Morgan fingerprint density at radius 1 is 1.35 bits per heavy atom. The summed E-state index contributed by atoms with van der Waals surface area (Å²) in [5.74, 6) is 0.873. The number of nitrogens with two attached hydrogens (primary N) is 1. The summed E-state index contributed by atoms with van der Waals surface area (Å²) in [7, 11) is 1.68. The van der Waals surface area contributed by atoms with Crippen molar-refractivity contribution in [2.75, 3.05) is 7.05 Å². The Morgan fingerprint density at radius 3 is 2.55 bits per heavy atom. The van der Waals surface area contributed by atoms with Gasteiger partial charge < -0.3 is 15.2 Å². The molecule has 0 aliphatic rings. The van der Waals surface area contributed by atoms with Crippen molar-refractivity contribution in [1.82, 2.24) is 15.0 Å². The molecule has 0 unspecified atom stereocenters. The van der Waals surface area contributed by atoms with Crippen molar-refractivity contribution < 1.29 is 9.32 Å². The fourth-order valence-electron chi connectivity index (χ4n) is 1.54. The quantitative estimate of drug-likeness (QED) is 0.926. The van der Waals surface area contributed by atoms with E-state index < -0.39 is 0 Å². The first-order chi connectivity index (χ1) is 9.10. The van der Waals surface area contributed by atoms with Gasteiger partial charge in [0.1, 0.15) is 0 Å². The Kier molecular flexibility index (Phi) is 5.66. The topological polar surface area (TPSA) is 85.2 Å². The third-order valence-corrected chi connectivity index (χ3v) is 2.83. The molecule has 0 atom stereocenters. The SMILES string of the molecule is CC(=O)N(C)Cc1nc(-c2ccc(CN)cc2)no1.Cl. The van der Waals surface area contributed by atoms with Crippen LogP contribution in [0.2, 0.25) is 0 Å². The summed E-state index contributed by atoms with van der Waals surface area (Å²) in [6, 6.07) is 7.64. The fraction of sp³-hybridized carbons (Fsp3) is 0.308. The Balaban J connectivity index is 0.00000200. The molecule has 0 aliphatic heterocycles. The Labute approximate surface area is 123 Å². The van der Waals surface area contributed by atoms with Gasteiger partial charge in [-0.25, -0.2) is 0 Å². The van der Waals surface area contributed by atoms with Crippen LogP contribution in [0.4, 0.5) is 0 Å². The second-order valence-corrected chi connectivity index (χ2v) is 4.29. The Bertz CT molecular complexity index is 568. The van der Waals surface area contributed by atoms with Crippen LogP contribution in [0.3, 0.4) is 0 Å². The summed E-state index contributed by atoms with van der Waals surface area (Å²) < 4.78 is 5.12. The number of benzene rings is 1. The number of carbonyl (C=O) groups is 1. The van der Waals surface area contributed by atoms with Crippen LogP contribution in [0.25, 0.3) is 11.4 Å². The number of halogens is 1. The van der Waals surface area contributed by atoms with Gasteiger partial charge in [0.15, 0.2) is 0 Å². The van der Waals surface area contributed by atoms with Crippen molar-refractivity contribution in [3.63, 3.8) is 0 Å². The molecule has 0 saturated heterocycles. The standard InChI is InChI=1S/C13H16N4O2.ClH/c1-9(18)17(2)8-12-15-13(16-19-12)11-5-3-10(7-14)4-6-11;/h3-6H,7-8,14H2,1-2H3;1H. The van der Waals surface area contributed by atoms with Gasteiger partial charge in [-0.3, -0.25) is 4.79 Å². The van der Waals surface area contributed by atoms with Crippen molar-refractivity contribution in [3.8, 4) is 11.4 Å². The van der Waals surface area contributed by atoms with E-state index in [-0.39, 0.29) is 18.3 Å². The van der Waals surface area contributed by atoms with E-state index in [1.807, 2.05) is 24.3 Å². The first-order valence-corrected chi connectivity index (χ1v) is 5.94. The highest BCUT2D eigenvalue weighted by Gasteiger charge is 2.11. The molecule has 108 valence electrons. The van der Waals surface area contributed by atoms with Crippen LogP contribution in [0, 0.1) is 0 Å². The summed E-state index contributed by atoms with van der Waals surface area (Å²) in [5, 5.41) is 3.90. The number of hydrogen-bond donors (Lipinski definition) is 1. The molecule has 2 N–H and O–H groups in total. The molecule has 0 fully saturated rings. The van der Waals surface area contributed by atoms with Crippen molar-refractivity contribution in [2.24, 2.45) is 5.73 Å². The van der Waals surface area contributed by atoms with Crippen molar-refractivity contribution >= 4 is 18.3 Å². The van der Waals surface area contributed by atoms with Crippen LogP contribution in [0.5, 0.6) is 0 Å². The van der Waals surface area contributed by atoms with E-state index in [9.17, 15) is 4.79 Å². The lowest BCUT2D eigenvalue weighted by Gasteiger charge is -2.10. The predicted octanol–water partition coefficient (Wildman–Crippen LogP) is 1.60. The van der Waals surface area contributed by atoms with E-state index in [4.69, 9.17) is 10.3 Å². The lowest BCUT2D eigenvalue weighted by atomic mass is 10.1. The van der Waals surface area contributed by atoms with Crippen LogP contribution in [-0.2, 0) is 17.9 Å². The normalized spacial score (nSPS) is 9.95. The summed E-state index contributed by atoms with van der Waals surface area (Å²) in [4.78, 5) is 16.9. The molecule has 20 heavy (non-hydrogen) atoms. The maximum absolute atomic E-state index is 11.1. The first-order valence-electron chi connectivity index (χ1n) is 5.94. The third-order valence-electron chi connectivity index (χ3n) is 2.83. The van der Waals surface area contributed by atoms with Crippen LogP contribution >= 0.6 is 12.4 Å². The largest absolute Gasteiger partial charge is 0.337 e. The van der Waals surface area contributed by atoms with E-state index in [2.05, 4.69) is 10.1 Å². The average molecular weight is 297 g/mol. The smallest absolute Gasteiger partial charge is 0.246 e. The van der Waals surface area contributed by atoms with E-state index in [1.165, 1.54) is 11.8 Å². The second kappa shape index (κ2) is 7.02. The molecule has 0 spiro atoms. The van der Waals surface area contributed by atoms with Crippen LogP contribution in [0.15, 0.2) is 28.8 Å². The predicted molar refractivity (Wildman–Crippen MR) is 77.0 cm³/mol. The van der Waals surface area contributed by atoms with Crippen molar-refractivity contribution in [1.29, 1.82) is 0 Å². The molecule has 1 aromatic carbocycles. The number of carbonyl (C=O) groups excluding carboxylic acids is 1. The molecule has 2 rings (SSSR count). The Hall–Kier alpha value is -1.92. The molecule has 0 radical (unpaired) electrons. The molecular weight excluding hydrogens is 280 g/mol. The summed E-state index contributed by atoms with van der Waals surface area (Å²) in [5.41, 5.74) is 7.44. The van der Waals surface area contributed by atoms with Gasteiger partial charge in [-0.1, -0.05) is 29.4 Å². The lowest BCUT2D eigenvalue weighted by Crippen LogP contribution is -2.23. The minimum atomic E-state index is -0.0490. The van der Waals surface area contributed by atoms with E-state index in [0.717, 1.165) is 11.1 Å². The van der Waals surface area contributed by atoms with Crippen molar-refractivity contribution in [2.45, 2.75) is 20.0 Å². The van der Waals surface area contributed by atoms with Gasteiger partial charge in [0.05, 0.1) is 6.54 Å². The molecular formula is C13H17ClN4O2. The van der Waals surface area contributed by atoms with Gasteiger partial charge in [0, 0.05) is 26.1 Å². The lowest BCUT2D eigenvalue weighted by molar-refractivity contribution is -0.128. The number of rotatable bonds is 4. The van der Waals surface area contributed by atoms with Gasteiger partial charge in [-0.05, 0) is 5.56 Å². The number of amides is 1. The number of aromatic nitrogens is 2. The zero-order chi connectivity index (χ0) is 13.8. The molecule has 0 saturated carbocycles. The highest BCUT2D eigenvalue weighted by atomic mass is 35.5. The Morgan fingerprint density at radius 2 is 2.00 bits per heavy atom. The number of nitrogens with zero attached hydrogens (tertiary/aromatic N) is 3. The molecule has 7 heteroatoms. The summed E-state index contributed by atoms with van der Waals surface area (Å²) in [6.07, 6.45) is 0. The van der Waals surface area contributed by atoms with Gasteiger partial charge in [-0.15, -0.1) is 12.4 Å². The minimum Gasteiger partial charge on any atom is -0.337 e. The highest BCUT2D eigenvalue weighted by molar-refractivity contribution is 5.85.